The molecule has 0 saturated heterocycles. The molecule has 0 aromatic rings. The molecule has 2 unspecified atom stereocenters. The molecule has 3 heteroatoms. The predicted octanol–water partition coefficient (Wildman–Crippen LogP) is 2.86. The van der Waals surface area contributed by atoms with Crippen molar-refractivity contribution in [3.05, 3.63) is 23.3 Å². The lowest BCUT2D eigenvalue weighted by molar-refractivity contribution is 0.160. The van der Waals surface area contributed by atoms with Crippen LogP contribution in [-0.2, 0) is 0 Å². The maximum atomic E-state index is 10.2. The van der Waals surface area contributed by atoms with Crippen molar-refractivity contribution in [2.75, 3.05) is 5.88 Å². The van der Waals surface area contributed by atoms with Gasteiger partial charge in [0.1, 0.15) is 0 Å². The van der Waals surface area contributed by atoms with E-state index in [1.54, 1.807) is 6.92 Å². The molecule has 0 radical (unpaired) electrons. The minimum atomic E-state index is -1.29. The van der Waals surface area contributed by atoms with Crippen LogP contribution in [0.25, 0.3) is 0 Å². The second-order valence-electron chi connectivity index (χ2n) is 3.68. The van der Waals surface area contributed by atoms with E-state index in [9.17, 15) is 5.11 Å². The standard InChI is InChI=1S/C12H14Cl2O/c1-3-6-12(15,8-13)10-5-4-9(2)7-11(10)14/h4-5,11,15H,7-8H2,1-2H3. The molecule has 1 N–H and O–H groups in total. The molecule has 0 aromatic heterocycles. The third kappa shape index (κ3) is 2.78. The van der Waals surface area contributed by atoms with Gasteiger partial charge < -0.3 is 5.11 Å². The van der Waals surface area contributed by atoms with Gasteiger partial charge in [0.05, 0.1) is 11.3 Å². The highest BCUT2D eigenvalue weighted by molar-refractivity contribution is 6.23. The topological polar surface area (TPSA) is 20.2 Å². The fraction of sp³-hybridized carbons (Fsp3) is 0.500. The van der Waals surface area contributed by atoms with Crippen LogP contribution in [0.5, 0.6) is 0 Å². The number of hydrogen-bond donors (Lipinski definition) is 1. The molecule has 0 heterocycles. The van der Waals surface area contributed by atoms with Gasteiger partial charge in [0.25, 0.3) is 0 Å². The Bertz CT molecular complexity index is 360. The second-order valence-corrected chi connectivity index (χ2v) is 4.47. The molecule has 0 aromatic carbocycles. The first-order valence-electron chi connectivity index (χ1n) is 4.77. The van der Waals surface area contributed by atoms with Crippen LogP contribution in [0.3, 0.4) is 0 Å². The zero-order chi connectivity index (χ0) is 11.5. The number of halogens is 2. The SMILES string of the molecule is CC#CC(O)(CCl)C1=CC=C(C)CC1Cl. The minimum Gasteiger partial charge on any atom is -0.372 e. The average Bonchev–Trinajstić information content (AvgIpc) is 2.17. The van der Waals surface area contributed by atoms with Crippen LogP contribution in [0.15, 0.2) is 23.3 Å². The molecule has 2 atom stereocenters. The number of allylic oxidation sites excluding steroid dienone is 3. The highest BCUT2D eigenvalue weighted by atomic mass is 35.5. The lowest BCUT2D eigenvalue weighted by Gasteiger charge is -2.28. The zero-order valence-electron chi connectivity index (χ0n) is 8.85. The monoisotopic (exact) mass is 244 g/mol. The summed E-state index contributed by atoms with van der Waals surface area (Å²) >= 11 is 11.9. The van der Waals surface area contributed by atoms with Gasteiger partial charge in [-0.3, -0.25) is 0 Å². The summed E-state index contributed by atoms with van der Waals surface area (Å²) in [6.45, 7) is 3.68. The molecule has 1 nitrogen and oxygen atoms in total. The van der Waals surface area contributed by atoms with Gasteiger partial charge in [-0.05, 0) is 25.8 Å². The second kappa shape index (κ2) is 5.07. The maximum absolute atomic E-state index is 10.2. The highest BCUT2D eigenvalue weighted by Gasteiger charge is 2.33. The van der Waals surface area contributed by atoms with Crippen molar-refractivity contribution < 1.29 is 5.11 Å². The summed E-state index contributed by atoms with van der Waals surface area (Å²) in [6.07, 6.45) is 4.50. The minimum absolute atomic E-state index is 0.0375. The van der Waals surface area contributed by atoms with Crippen molar-refractivity contribution in [3.63, 3.8) is 0 Å². The third-order valence-electron chi connectivity index (χ3n) is 2.39. The van der Waals surface area contributed by atoms with E-state index in [2.05, 4.69) is 11.8 Å². The normalized spacial score (nSPS) is 24.5. The van der Waals surface area contributed by atoms with Gasteiger partial charge in [-0.15, -0.1) is 29.1 Å². The molecule has 15 heavy (non-hydrogen) atoms. The van der Waals surface area contributed by atoms with E-state index in [1.165, 1.54) is 5.57 Å². The summed E-state index contributed by atoms with van der Waals surface area (Å²) in [5.41, 5.74) is 0.596. The number of hydrogen-bond acceptors (Lipinski definition) is 1. The number of aliphatic hydroxyl groups is 1. The number of alkyl halides is 2. The van der Waals surface area contributed by atoms with E-state index >= 15 is 0 Å². The van der Waals surface area contributed by atoms with E-state index in [4.69, 9.17) is 23.2 Å². The van der Waals surface area contributed by atoms with Crippen molar-refractivity contribution in [1.29, 1.82) is 0 Å². The lowest BCUT2D eigenvalue weighted by Crippen LogP contribution is -2.36. The van der Waals surface area contributed by atoms with Crippen LogP contribution in [0.4, 0.5) is 0 Å². The Labute approximate surface area is 101 Å². The molecule has 0 amide bonds. The van der Waals surface area contributed by atoms with Crippen molar-refractivity contribution in [3.8, 4) is 11.8 Å². The summed E-state index contributed by atoms with van der Waals surface area (Å²) in [4.78, 5) is 0. The molecule has 1 aliphatic rings. The first-order valence-corrected chi connectivity index (χ1v) is 5.74. The molecular formula is C12H14Cl2O. The van der Waals surface area contributed by atoms with Crippen molar-refractivity contribution in [2.24, 2.45) is 0 Å². The fourth-order valence-electron chi connectivity index (χ4n) is 1.58. The van der Waals surface area contributed by atoms with E-state index in [0.29, 0.717) is 5.57 Å². The summed E-state index contributed by atoms with van der Waals surface area (Å²) in [7, 11) is 0. The van der Waals surface area contributed by atoms with Gasteiger partial charge >= 0.3 is 0 Å². The molecule has 0 saturated carbocycles. The summed E-state index contributed by atoms with van der Waals surface area (Å²) in [5.74, 6) is 5.44. The van der Waals surface area contributed by atoms with Gasteiger partial charge in [0, 0.05) is 0 Å². The zero-order valence-corrected chi connectivity index (χ0v) is 10.4. The Balaban J connectivity index is 3.08. The van der Waals surface area contributed by atoms with Gasteiger partial charge in [0.15, 0.2) is 5.60 Å². The first-order chi connectivity index (χ1) is 7.03. The van der Waals surface area contributed by atoms with Gasteiger partial charge in [-0.1, -0.05) is 23.6 Å². The Hall–Kier alpha value is -0.420. The van der Waals surface area contributed by atoms with Gasteiger partial charge in [0.2, 0.25) is 0 Å². The molecule has 0 bridgehead atoms. The molecule has 1 rings (SSSR count). The van der Waals surface area contributed by atoms with Gasteiger partial charge in [-0.2, -0.15) is 0 Å². The van der Waals surface area contributed by atoms with Crippen LogP contribution in [0, 0.1) is 11.8 Å². The number of rotatable bonds is 2. The molecular weight excluding hydrogens is 231 g/mol. The summed E-state index contributed by atoms with van der Waals surface area (Å²) in [5, 5.41) is 9.99. The molecule has 0 spiro atoms. The van der Waals surface area contributed by atoms with Crippen LogP contribution in [0.1, 0.15) is 20.3 Å². The lowest BCUT2D eigenvalue weighted by atomic mass is 9.87. The van der Waals surface area contributed by atoms with Crippen molar-refractivity contribution in [2.45, 2.75) is 31.2 Å². The van der Waals surface area contributed by atoms with Crippen LogP contribution in [-0.4, -0.2) is 22.0 Å². The molecule has 0 aliphatic heterocycles. The Morgan fingerprint density at radius 3 is 2.73 bits per heavy atom. The van der Waals surface area contributed by atoms with Crippen LogP contribution >= 0.6 is 23.2 Å². The Morgan fingerprint density at radius 2 is 2.27 bits per heavy atom. The fourth-order valence-corrected chi connectivity index (χ4v) is 2.30. The van der Waals surface area contributed by atoms with Crippen molar-refractivity contribution in [1.82, 2.24) is 0 Å². The third-order valence-corrected chi connectivity index (χ3v) is 3.16. The summed E-state index contributed by atoms with van der Waals surface area (Å²) < 4.78 is 0. The van der Waals surface area contributed by atoms with Crippen LogP contribution in [0.2, 0.25) is 0 Å². The first kappa shape index (κ1) is 12.6. The van der Waals surface area contributed by atoms with Crippen LogP contribution < -0.4 is 0 Å². The average molecular weight is 245 g/mol. The van der Waals surface area contributed by atoms with E-state index in [0.717, 1.165) is 6.42 Å². The van der Waals surface area contributed by atoms with E-state index in [-0.39, 0.29) is 11.3 Å². The Kier molecular flexibility index (Phi) is 4.28. The quantitative estimate of drug-likeness (QED) is 0.585. The molecule has 0 fully saturated rings. The molecule has 82 valence electrons. The maximum Gasteiger partial charge on any atom is 0.162 e. The van der Waals surface area contributed by atoms with Crippen molar-refractivity contribution >= 4 is 23.2 Å². The predicted molar refractivity (Wildman–Crippen MR) is 65.2 cm³/mol. The van der Waals surface area contributed by atoms with E-state index in [1.807, 2.05) is 19.1 Å². The largest absolute Gasteiger partial charge is 0.372 e. The Morgan fingerprint density at radius 1 is 1.60 bits per heavy atom. The smallest absolute Gasteiger partial charge is 0.162 e. The summed E-state index contributed by atoms with van der Waals surface area (Å²) in [6, 6.07) is 0. The highest BCUT2D eigenvalue weighted by Crippen LogP contribution is 2.32. The van der Waals surface area contributed by atoms with Gasteiger partial charge in [-0.25, -0.2) is 0 Å². The molecule has 1 aliphatic carbocycles. The van der Waals surface area contributed by atoms with E-state index < -0.39 is 5.60 Å².